The molecule has 0 radical (unpaired) electrons. The normalized spacial score (nSPS) is 10.3. The predicted molar refractivity (Wildman–Crippen MR) is 114 cm³/mol. The van der Waals surface area contributed by atoms with Crippen molar-refractivity contribution in [1.29, 1.82) is 0 Å². The second-order valence-corrected chi connectivity index (χ2v) is 6.55. The van der Waals surface area contributed by atoms with Crippen LogP contribution >= 0.6 is 0 Å². The Labute approximate surface area is 173 Å². The van der Waals surface area contributed by atoms with Gasteiger partial charge in [0.1, 0.15) is 5.75 Å². The summed E-state index contributed by atoms with van der Waals surface area (Å²) in [7, 11) is 1.59. The largest absolute Gasteiger partial charge is 0.497 e. The average Bonchev–Trinajstić information content (AvgIpc) is 2.75. The monoisotopic (exact) mass is 406 g/mol. The average molecular weight is 406 g/mol. The molecule has 8 heteroatoms. The number of carbonyl (C=O) groups is 2. The first-order valence-electron chi connectivity index (χ1n) is 9.33. The molecule has 0 bridgehead atoms. The number of benzene rings is 2. The van der Waals surface area contributed by atoms with Crippen LogP contribution < -0.4 is 20.9 Å². The SMILES string of the molecule is COc1ccc(-c2cc(=O)n(CCNC(=O)c3ccc(NC(C)=O)cc3)cn2)cc1. The second kappa shape index (κ2) is 9.51. The first kappa shape index (κ1) is 20.8. The Morgan fingerprint density at radius 2 is 1.77 bits per heavy atom. The molecule has 3 aromatic rings. The van der Waals surface area contributed by atoms with Gasteiger partial charge in [-0.1, -0.05) is 0 Å². The topological polar surface area (TPSA) is 102 Å². The van der Waals surface area contributed by atoms with E-state index in [0.29, 0.717) is 23.5 Å². The number of rotatable bonds is 7. The molecule has 2 aromatic carbocycles. The van der Waals surface area contributed by atoms with E-state index < -0.39 is 0 Å². The summed E-state index contributed by atoms with van der Waals surface area (Å²) in [6, 6.07) is 15.3. The van der Waals surface area contributed by atoms with Gasteiger partial charge in [0.05, 0.1) is 19.1 Å². The van der Waals surface area contributed by atoms with Gasteiger partial charge in [0.2, 0.25) is 5.91 Å². The maximum absolute atomic E-state index is 12.4. The lowest BCUT2D eigenvalue weighted by Crippen LogP contribution is -2.30. The summed E-state index contributed by atoms with van der Waals surface area (Å²) in [5.74, 6) is 0.289. The minimum absolute atomic E-state index is 0.177. The molecule has 0 saturated carbocycles. The number of nitrogens with one attached hydrogen (secondary N) is 2. The maximum atomic E-state index is 12.4. The van der Waals surface area contributed by atoms with E-state index in [4.69, 9.17) is 4.74 Å². The Bertz CT molecular complexity index is 1090. The van der Waals surface area contributed by atoms with Gasteiger partial charge in [-0.3, -0.25) is 19.0 Å². The number of ether oxygens (including phenoxy) is 1. The number of carbonyl (C=O) groups excluding carboxylic acids is 2. The van der Waals surface area contributed by atoms with Gasteiger partial charge in [-0.2, -0.15) is 0 Å². The lowest BCUT2D eigenvalue weighted by molar-refractivity contribution is -0.114. The quantitative estimate of drug-likeness (QED) is 0.627. The van der Waals surface area contributed by atoms with Crippen molar-refractivity contribution in [1.82, 2.24) is 14.9 Å². The van der Waals surface area contributed by atoms with Crippen LogP contribution in [0.5, 0.6) is 5.75 Å². The molecular formula is C22H22N4O4. The number of nitrogens with zero attached hydrogens (tertiary/aromatic N) is 2. The smallest absolute Gasteiger partial charge is 0.253 e. The number of hydrogen-bond acceptors (Lipinski definition) is 5. The van der Waals surface area contributed by atoms with E-state index in [1.54, 1.807) is 43.5 Å². The molecule has 8 nitrogen and oxygen atoms in total. The molecule has 0 spiro atoms. The van der Waals surface area contributed by atoms with Crippen molar-refractivity contribution in [3.8, 4) is 17.0 Å². The molecule has 3 rings (SSSR count). The fourth-order valence-corrected chi connectivity index (χ4v) is 2.81. The Kier molecular flexibility index (Phi) is 6.59. The third kappa shape index (κ3) is 5.32. The Morgan fingerprint density at radius 3 is 2.37 bits per heavy atom. The molecule has 30 heavy (non-hydrogen) atoms. The van der Waals surface area contributed by atoms with E-state index in [0.717, 1.165) is 11.3 Å². The van der Waals surface area contributed by atoms with Crippen molar-refractivity contribution in [2.45, 2.75) is 13.5 Å². The summed E-state index contributed by atoms with van der Waals surface area (Å²) in [4.78, 5) is 40.0. The standard InChI is InChI=1S/C22H22N4O4/c1-15(27)25-18-7-3-17(4-8-18)22(29)23-11-12-26-14-24-20(13-21(26)28)16-5-9-19(30-2)10-6-16/h3-10,13-14H,11-12H2,1-2H3,(H,23,29)(H,25,27). The van der Waals surface area contributed by atoms with Gasteiger partial charge in [0.15, 0.2) is 0 Å². The highest BCUT2D eigenvalue weighted by Crippen LogP contribution is 2.19. The van der Waals surface area contributed by atoms with Crippen LogP contribution in [-0.2, 0) is 11.3 Å². The summed E-state index contributed by atoms with van der Waals surface area (Å²) >= 11 is 0. The zero-order valence-corrected chi connectivity index (χ0v) is 16.7. The summed E-state index contributed by atoms with van der Waals surface area (Å²) < 4.78 is 6.56. The highest BCUT2D eigenvalue weighted by molar-refractivity contribution is 5.95. The van der Waals surface area contributed by atoms with E-state index in [-0.39, 0.29) is 23.9 Å². The molecule has 0 atom stereocenters. The Balaban J connectivity index is 1.57. The molecule has 0 aliphatic heterocycles. The molecule has 0 aliphatic carbocycles. The van der Waals surface area contributed by atoms with Crippen LogP contribution in [-0.4, -0.2) is 35.0 Å². The Morgan fingerprint density at radius 1 is 1.07 bits per heavy atom. The van der Waals surface area contributed by atoms with Crippen molar-refractivity contribution in [2.75, 3.05) is 19.0 Å². The fraction of sp³-hybridized carbons (Fsp3) is 0.182. The van der Waals surface area contributed by atoms with Gasteiger partial charge in [-0.25, -0.2) is 4.98 Å². The number of aromatic nitrogens is 2. The van der Waals surface area contributed by atoms with E-state index in [9.17, 15) is 14.4 Å². The van der Waals surface area contributed by atoms with Crippen LogP contribution in [0.25, 0.3) is 11.3 Å². The zero-order chi connectivity index (χ0) is 21.5. The van der Waals surface area contributed by atoms with Gasteiger partial charge in [-0.05, 0) is 48.5 Å². The molecule has 0 fully saturated rings. The molecule has 2 amide bonds. The van der Waals surface area contributed by atoms with E-state index >= 15 is 0 Å². The summed E-state index contributed by atoms with van der Waals surface area (Å²) in [6.45, 7) is 1.99. The van der Waals surface area contributed by atoms with Crippen molar-refractivity contribution in [2.24, 2.45) is 0 Å². The molecule has 154 valence electrons. The second-order valence-electron chi connectivity index (χ2n) is 6.55. The first-order chi connectivity index (χ1) is 14.5. The van der Waals surface area contributed by atoms with Crippen LogP contribution in [0.15, 0.2) is 65.7 Å². The van der Waals surface area contributed by atoms with Crippen molar-refractivity contribution in [3.63, 3.8) is 0 Å². The van der Waals surface area contributed by atoms with Gasteiger partial charge < -0.3 is 15.4 Å². The molecule has 0 saturated heterocycles. The van der Waals surface area contributed by atoms with Gasteiger partial charge in [0.25, 0.3) is 11.5 Å². The van der Waals surface area contributed by atoms with Crippen LogP contribution in [0.2, 0.25) is 0 Å². The van der Waals surface area contributed by atoms with Crippen molar-refractivity contribution in [3.05, 3.63) is 76.8 Å². The van der Waals surface area contributed by atoms with Gasteiger partial charge in [-0.15, -0.1) is 0 Å². The summed E-state index contributed by atoms with van der Waals surface area (Å²) in [6.07, 6.45) is 1.47. The fourth-order valence-electron chi connectivity index (χ4n) is 2.81. The van der Waals surface area contributed by atoms with E-state index in [2.05, 4.69) is 15.6 Å². The molecule has 0 aliphatic rings. The van der Waals surface area contributed by atoms with Crippen molar-refractivity contribution < 1.29 is 14.3 Å². The lowest BCUT2D eigenvalue weighted by atomic mass is 10.1. The minimum atomic E-state index is -0.264. The number of methoxy groups -OCH3 is 1. The van der Waals surface area contributed by atoms with Crippen LogP contribution in [0.4, 0.5) is 5.69 Å². The maximum Gasteiger partial charge on any atom is 0.253 e. The lowest BCUT2D eigenvalue weighted by Gasteiger charge is -2.09. The molecule has 1 aromatic heterocycles. The third-order valence-electron chi connectivity index (χ3n) is 4.37. The molecule has 2 N–H and O–H groups in total. The van der Waals surface area contributed by atoms with E-state index in [1.807, 2.05) is 12.1 Å². The van der Waals surface area contributed by atoms with Crippen LogP contribution in [0, 0.1) is 0 Å². The zero-order valence-electron chi connectivity index (χ0n) is 16.7. The molecule has 0 unspecified atom stereocenters. The van der Waals surface area contributed by atoms with Gasteiger partial charge in [0, 0.05) is 42.9 Å². The first-order valence-corrected chi connectivity index (χ1v) is 9.33. The third-order valence-corrected chi connectivity index (χ3v) is 4.37. The van der Waals surface area contributed by atoms with Gasteiger partial charge >= 0.3 is 0 Å². The minimum Gasteiger partial charge on any atom is -0.497 e. The number of anilines is 1. The summed E-state index contributed by atoms with van der Waals surface area (Å²) in [5, 5.41) is 5.41. The van der Waals surface area contributed by atoms with Crippen molar-refractivity contribution >= 4 is 17.5 Å². The Hall–Kier alpha value is -3.94. The highest BCUT2D eigenvalue weighted by atomic mass is 16.5. The molecule has 1 heterocycles. The summed E-state index contributed by atoms with van der Waals surface area (Å²) in [5.41, 5.74) is 2.26. The highest BCUT2D eigenvalue weighted by Gasteiger charge is 2.07. The molecular weight excluding hydrogens is 384 g/mol. The predicted octanol–water partition coefficient (Wildman–Crippen LogP) is 2.31. The van der Waals surface area contributed by atoms with Crippen LogP contribution in [0.1, 0.15) is 17.3 Å². The van der Waals surface area contributed by atoms with E-state index in [1.165, 1.54) is 23.9 Å². The van der Waals surface area contributed by atoms with Crippen LogP contribution in [0.3, 0.4) is 0 Å². The number of amides is 2. The number of hydrogen-bond donors (Lipinski definition) is 2.